The zero-order valence-corrected chi connectivity index (χ0v) is 6.82. The molecule has 0 heterocycles. The van der Waals surface area contributed by atoms with E-state index in [-0.39, 0.29) is 5.82 Å². The van der Waals surface area contributed by atoms with Crippen LogP contribution >= 0.6 is 0 Å². The lowest BCUT2D eigenvalue weighted by atomic mass is 10.1. The highest BCUT2D eigenvalue weighted by atomic mass is 19.1. The topological polar surface area (TPSA) is 12.0 Å². The molecule has 0 bridgehead atoms. The molecule has 60 valence electrons. The van der Waals surface area contributed by atoms with Crippen LogP contribution in [0.4, 0.5) is 4.39 Å². The highest BCUT2D eigenvalue weighted by Gasteiger charge is 1.99. The first-order valence-corrected chi connectivity index (χ1v) is 3.63. The molecule has 1 rings (SSSR count). The monoisotopic (exact) mass is 153 g/mol. The van der Waals surface area contributed by atoms with E-state index < -0.39 is 0 Å². The summed E-state index contributed by atoms with van der Waals surface area (Å²) in [7, 11) is 1.81. The zero-order chi connectivity index (χ0) is 8.27. The smallest absolute Gasteiger partial charge is 0.127 e. The minimum Gasteiger partial charge on any atom is -0.316 e. The molecule has 1 aromatic carbocycles. The maximum atomic E-state index is 12.9. The minimum atomic E-state index is -0.134. The SMILES string of the molecule is CNCc1cc(C)ccc1F. The Balaban J connectivity index is 2.93. The fourth-order valence-corrected chi connectivity index (χ4v) is 1.03. The third kappa shape index (κ3) is 2.02. The van der Waals surface area contributed by atoms with E-state index in [2.05, 4.69) is 5.32 Å². The highest BCUT2D eigenvalue weighted by Crippen LogP contribution is 2.08. The summed E-state index contributed by atoms with van der Waals surface area (Å²) in [6.45, 7) is 2.55. The van der Waals surface area contributed by atoms with Crippen molar-refractivity contribution in [2.45, 2.75) is 13.5 Å². The average Bonchev–Trinajstić information content (AvgIpc) is 1.98. The van der Waals surface area contributed by atoms with Crippen molar-refractivity contribution in [2.24, 2.45) is 0 Å². The summed E-state index contributed by atoms with van der Waals surface area (Å²) >= 11 is 0. The number of benzene rings is 1. The molecule has 0 unspecified atom stereocenters. The molecule has 0 fully saturated rings. The van der Waals surface area contributed by atoms with Crippen LogP contribution in [0.15, 0.2) is 18.2 Å². The van der Waals surface area contributed by atoms with Gasteiger partial charge in [-0.25, -0.2) is 4.39 Å². The summed E-state index contributed by atoms with van der Waals surface area (Å²) in [5, 5.41) is 2.91. The summed E-state index contributed by atoms with van der Waals surface area (Å²) in [4.78, 5) is 0. The molecule has 0 aliphatic carbocycles. The van der Waals surface area contributed by atoms with Gasteiger partial charge in [-0.1, -0.05) is 17.7 Å². The van der Waals surface area contributed by atoms with E-state index in [0.717, 1.165) is 11.1 Å². The molecule has 1 N–H and O–H groups in total. The lowest BCUT2D eigenvalue weighted by Crippen LogP contribution is -2.06. The normalized spacial score (nSPS) is 10.1. The third-order valence-corrected chi connectivity index (χ3v) is 1.57. The van der Waals surface area contributed by atoms with Crippen LogP contribution in [-0.2, 0) is 6.54 Å². The maximum absolute atomic E-state index is 12.9. The molecule has 0 saturated carbocycles. The Bertz CT molecular complexity index is 245. The fraction of sp³-hybridized carbons (Fsp3) is 0.333. The first kappa shape index (κ1) is 8.21. The Hall–Kier alpha value is -0.890. The molecule has 0 spiro atoms. The molecule has 0 radical (unpaired) electrons. The predicted octanol–water partition coefficient (Wildman–Crippen LogP) is 1.85. The Morgan fingerprint density at radius 2 is 2.18 bits per heavy atom. The van der Waals surface area contributed by atoms with Crippen LogP contribution in [0.3, 0.4) is 0 Å². The van der Waals surface area contributed by atoms with Crippen molar-refractivity contribution >= 4 is 0 Å². The van der Waals surface area contributed by atoms with Crippen molar-refractivity contribution in [1.29, 1.82) is 0 Å². The molecular formula is C9H12FN. The van der Waals surface area contributed by atoms with E-state index in [1.54, 1.807) is 6.07 Å². The zero-order valence-electron chi connectivity index (χ0n) is 6.82. The Kier molecular flexibility index (Phi) is 2.60. The fourth-order valence-electron chi connectivity index (χ4n) is 1.03. The van der Waals surface area contributed by atoms with Crippen LogP contribution < -0.4 is 5.32 Å². The summed E-state index contributed by atoms with van der Waals surface area (Å²) in [6, 6.07) is 5.13. The van der Waals surface area contributed by atoms with Crippen LogP contribution in [-0.4, -0.2) is 7.05 Å². The van der Waals surface area contributed by atoms with Gasteiger partial charge in [0.05, 0.1) is 0 Å². The molecular weight excluding hydrogens is 141 g/mol. The average molecular weight is 153 g/mol. The van der Waals surface area contributed by atoms with Crippen LogP contribution in [0.25, 0.3) is 0 Å². The lowest BCUT2D eigenvalue weighted by molar-refractivity contribution is 0.600. The number of nitrogens with one attached hydrogen (secondary N) is 1. The van der Waals surface area contributed by atoms with Gasteiger partial charge in [0.25, 0.3) is 0 Å². The van der Waals surface area contributed by atoms with Gasteiger partial charge in [-0.05, 0) is 20.0 Å². The van der Waals surface area contributed by atoms with Gasteiger partial charge in [-0.3, -0.25) is 0 Å². The van der Waals surface area contributed by atoms with E-state index in [0.29, 0.717) is 6.54 Å². The first-order chi connectivity index (χ1) is 5.24. The standard InChI is InChI=1S/C9H12FN/c1-7-3-4-9(10)8(5-7)6-11-2/h3-5,11H,6H2,1-2H3. The first-order valence-electron chi connectivity index (χ1n) is 3.63. The Morgan fingerprint density at radius 1 is 1.45 bits per heavy atom. The van der Waals surface area contributed by atoms with Crippen LogP contribution in [0, 0.1) is 12.7 Å². The number of aryl methyl sites for hydroxylation is 1. The van der Waals surface area contributed by atoms with Crippen LogP contribution in [0.2, 0.25) is 0 Å². The molecule has 0 aromatic heterocycles. The van der Waals surface area contributed by atoms with Crippen molar-refractivity contribution in [1.82, 2.24) is 5.32 Å². The van der Waals surface area contributed by atoms with Gasteiger partial charge < -0.3 is 5.32 Å². The van der Waals surface area contributed by atoms with Crippen molar-refractivity contribution in [3.8, 4) is 0 Å². The molecule has 0 amide bonds. The van der Waals surface area contributed by atoms with Gasteiger partial charge in [0.15, 0.2) is 0 Å². The predicted molar refractivity (Wildman–Crippen MR) is 43.9 cm³/mol. The van der Waals surface area contributed by atoms with Crippen molar-refractivity contribution < 1.29 is 4.39 Å². The quantitative estimate of drug-likeness (QED) is 0.683. The molecule has 0 aliphatic rings. The maximum Gasteiger partial charge on any atom is 0.127 e. The van der Waals surface area contributed by atoms with E-state index in [9.17, 15) is 4.39 Å². The van der Waals surface area contributed by atoms with Gasteiger partial charge in [0.2, 0.25) is 0 Å². The van der Waals surface area contributed by atoms with Crippen LogP contribution in [0.1, 0.15) is 11.1 Å². The molecule has 2 heteroatoms. The second-order valence-corrected chi connectivity index (χ2v) is 2.63. The number of hydrogen-bond donors (Lipinski definition) is 1. The van der Waals surface area contributed by atoms with E-state index in [1.165, 1.54) is 6.07 Å². The van der Waals surface area contributed by atoms with Gasteiger partial charge in [-0.15, -0.1) is 0 Å². The largest absolute Gasteiger partial charge is 0.316 e. The summed E-state index contributed by atoms with van der Waals surface area (Å²) in [6.07, 6.45) is 0. The Labute approximate surface area is 66.2 Å². The second kappa shape index (κ2) is 3.49. The van der Waals surface area contributed by atoms with E-state index >= 15 is 0 Å². The third-order valence-electron chi connectivity index (χ3n) is 1.57. The van der Waals surface area contributed by atoms with Crippen molar-refractivity contribution in [3.05, 3.63) is 35.1 Å². The second-order valence-electron chi connectivity index (χ2n) is 2.63. The van der Waals surface area contributed by atoms with Gasteiger partial charge in [0.1, 0.15) is 5.82 Å². The molecule has 1 nitrogen and oxygen atoms in total. The molecule has 0 aliphatic heterocycles. The minimum absolute atomic E-state index is 0.134. The summed E-state index contributed by atoms with van der Waals surface area (Å²) < 4.78 is 12.9. The van der Waals surface area contributed by atoms with Crippen molar-refractivity contribution in [2.75, 3.05) is 7.05 Å². The molecule has 11 heavy (non-hydrogen) atoms. The summed E-state index contributed by atoms with van der Waals surface area (Å²) in [5.74, 6) is -0.134. The van der Waals surface area contributed by atoms with Crippen LogP contribution in [0.5, 0.6) is 0 Å². The number of hydrogen-bond acceptors (Lipinski definition) is 1. The summed E-state index contributed by atoms with van der Waals surface area (Å²) in [5.41, 5.74) is 1.82. The highest BCUT2D eigenvalue weighted by molar-refractivity contribution is 5.23. The lowest BCUT2D eigenvalue weighted by Gasteiger charge is -2.02. The van der Waals surface area contributed by atoms with Gasteiger partial charge >= 0.3 is 0 Å². The number of halogens is 1. The van der Waals surface area contributed by atoms with Crippen molar-refractivity contribution in [3.63, 3.8) is 0 Å². The molecule has 0 saturated heterocycles. The van der Waals surface area contributed by atoms with Gasteiger partial charge in [-0.2, -0.15) is 0 Å². The number of rotatable bonds is 2. The molecule has 0 atom stereocenters. The van der Waals surface area contributed by atoms with Gasteiger partial charge in [0, 0.05) is 12.1 Å². The molecule has 1 aromatic rings. The van der Waals surface area contributed by atoms with E-state index in [1.807, 2.05) is 20.0 Å². The van der Waals surface area contributed by atoms with E-state index in [4.69, 9.17) is 0 Å². The Morgan fingerprint density at radius 3 is 2.82 bits per heavy atom.